The van der Waals surface area contributed by atoms with Crippen LogP contribution in [0.25, 0.3) is 0 Å². The summed E-state index contributed by atoms with van der Waals surface area (Å²) in [6.45, 7) is 1.94. The zero-order chi connectivity index (χ0) is 13.0. The fourth-order valence-corrected chi connectivity index (χ4v) is 1.74. The number of aromatic nitrogens is 4. The van der Waals surface area contributed by atoms with Crippen LogP contribution in [0.1, 0.15) is 30.8 Å². The lowest BCUT2D eigenvalue weighted by molar-refractivity contribution is 0.785. The molecule has 0 fully saturated rings. The first kappa shape index (κ1) is 12.1. The normalized spacial score (nSPS) is 12.1. The number of H-pyrrole nitrogens is 1. The van der Waals surface area contributed by atoms with Crippen molar-refractivity contribution >= 4 is 5.71 Å². The van der Waals surface area contributed by atoms with Gasteiger partial charge in [0.15, 0.2) is 5.82 Å². The molecule has 92 valence electrons. The molecule has 0 radical (unpaired) electrons. The molecule has 2 rings (SSSR count). The first-order chi connectivity index (χ1) is 8.72. The molecule has 1 atom stereocenters. The van der Waals surface area contributed by atoms with Gasteiger partial charge < -0.3 is 10.4 Å². The molecule has 0 bridgehead atoms. The van der Waals surface area contributed by atoms with Crippen molar-refractivity contribution in [3.8, 4) is 0 Å². The Morgan fingerprint density at radius 2 is 2.11 bits per heavy atom. The minimum absolute atomic E-state index is 0.256. The Balaban J connectivity index is 2.35. The van der Waals surface area contributed by atoms with Crippen LogP contribution in [-0.2, 0) is 0 Å². The van der Waals surface area contributed by atoms with Crippen LogP contribution in [-0.4, -0.2) is 25.6 Å². The minimum atomic E-state index is -0.271. The summed E-state index contributed by atoms with van der Waals surface area (Å²) in [4.78, 5) is 25.9. The standard InChI is InChI=1S/C12H13N5O/c1-2-8(9-6-14-7-10(18)17-9)11(13)12-15-4-3-5-16-12/h3-8,13H,2H2,1H3,(H,17,18). The van der Waals surface area contributed by atoms with Gasteiger partial charge in [0.05, 0.1) is 11.9 Å². The first-order valence-corrected chi connectivity index (χ1v) is 5.62. The van der Waals surface area contributed by atoms with Crippen LogP contribution < -0.4 is 5.56 Å². The van der Waals surface area contributed by atoms with E-state index in [0.29, 0.717) is 17.9 Å². The number of rotatable bonds is 4. The zero-order valence-electron chi connectivity index (χ0n) is 9.92. The molecule has 6 nitrogen and oxygen atoms in total. The predicted molar refractivity (Wildman–Crippen MR) is 66.8 cm³/mol. The van der Waals surface area contributed by atoms with Gasteiger partial charge in [-0.05, 0) is 12.5 Å². The van der Waals surface area contributed by atoms with Gasteiger partial charge in [0.2, 0.25) is 0 Å². The monoisotopic (exact) mass is 243 g/mol. The third-order valence-electron chi connectivity index (χ3n) is 2.61. The Morgan fingerprint density at radius 1 is 1.39 bits per heavy atom. The number of hydrogen-bond donors (Lipinski definition) is 2. The fourth-order valence-electron chi connectivity index (χ4n) is 1.74. The van der Waals surface area contributed by atoms with Gasteiger partial charge >= 0.3 is 0 Å². The topological polar surface area (TPSA) is 95.4 Å². The SMILES string of the molecule is CCC(C(=N)c1ncccn1)c1cncc(=O)[nH]1. The van der Waals surface area contributed by atoms with Crippen LogP contribution in [0.4, 0.5) is 0 Å². The third kappa shape index (κ3) is 2.48. The van der Waals surface area contributed by atoms with E-state index < -0.39 is 0 Å². The van der Waals surface area contributed by atoms with E-state index >= 15 is 0 Å². The van der Waals surface area contributed by atoms with E-state index in [0.717, 1.165) is 0 Å². The van der Waals surface area contributed by atoms with Gasteiger partial charge in [-0.2, -0.15) is 0 Å². The second-order valence-corrected chi connectivity index (χ2v) is 3.80. The maximum Gasteiger partial charge on any atom is 0.266 e. The highest BCUT2D eigenvalue weighted by Crippen LogP contribution is 2.19. The molecule has 0 aliphatic carbocycles. The van der Waals surface area contributed by atoms with Gasteiger partial charge in [-0.25, -0.2) is 9.97 Å². The molecule has 2 aromatic heterocycles. The van der Waals surface area contributed by atoms with E-state index in [-0.39, 0.29) is 17.2 Å². The van der Waals surface area contributed by atoms with Gasteiger partial charge in [0.25, 0.3) is 5.56 Å². The molecular formula is C12H13N5O. The number of nitrogens with one attached hydrogen (secondary N) is 2. The summed E-state index contributed by atoms with van der Waals surface area (Å²) >= 11 is 0. The van der Waals surface area contributed by atoms with Gasteiger partial charge in [-0.1, -0.05) is 6.92 Å². The highest BCUT2D eigenvalue weighted by atomic mass is 16.1. The molecule has 0 saturated carbocycles. The summed E-state index contributed by atoms with van der Waals surface area (Å²) in [6, 6.07) is 1.70. The Labute approximate surface area is 104 Å². The van der Waals surface area contributed by atoms with Gasteiger partial charge in [-0.15, -0.1) is 0 Å². The van der Waals surface area contributed by atoms with E-state index in [1.807, 2.05) is 6.92 Å². The van der Waals surface area contributed by atoms with Crippen LogP contribution in [0.15, 0.2) is 35.6 Å². The van der Waals surface area contributed by atoms with E-state index in [9.17, 15) is 4.79 Å². The molecule has 2 heterocycles. The van der Waals surface area contributed by atoms with Gasteiger partial charge in [0, 0.05) is 30.2 Å². The van der Waals surface area contributed by atoms with Gasteiger partial charge in [0.1, 0.15) is 0 Å². The highest BCUT2D eigenvalue weighted by molar-refractivity contribution is 5.99. The number of nitrogens with zero attached hydrogens (tertiary/aromatic N) is 3. The molecule has 6 heteroatoms. The summed E-state index contributed by atoms with van der Waals surface area (Å²) in [5.41, 5.74) is 0.622. The fraction of sp³-hybridized carbons (Fsp3) is 0.250. The minimum Gasteiger partial charge on any atom is -0.323 e. The number of hydrogen-bond acceptors (Lipinski definition) is 5. The average molecular weight is 243 g/mol. The highest BCUT2D eigenvalue weighted by Gasteiger charge is 2.19. The van der Waals surface area contributed by atoms with E-state index in [2.05, 4.69) is 19.9 Å². The van der Waals surface area contributed by atoms with Crippen LogP contribution in [0, 0.1) is 5.41 Å². The maximum absolute atomic E-state index is 11.2. The third-order valence-corrected chi connectivity index (χ3v) is 2.61. The molecule has 0 spiro atoms. The zero-order valence-corrected chi connectivity index (χ0v) is 9.92. The molecular weight excluding hydrogens is 230 g/mol. The van der Waals surface area contributed by atoms with Gasteiger partial charge in [-0.3, -0.25) is 9.78 Å². The van der Waals surface area contributed by atoms with E-state index in [1.54, 1.807) is 24.7 Å². The summed E-state index contributed by atoms with van der Waals surface area (Å²) in [6.07, 6.45) is 6.62. The second kappa shape index (κ2) is 5.31. The molecule has 2 aromatic rings. The smallest absolute Gasteiger partial charge is 0.266 e. The van der Waals surface area contributed by atoms with Crippen molar-refractivity contribution in [2.24, 2.45) is 0 Å². The van der Waals surface area contributed by atoms with Crippen LogP contribution in [0.5, 0.6) is 0 Å². The van der Waals surface area contributed by atoms with Crippen molar-refractivity contribution in [1.82, 2.24) is 19.9 Å². The van der Waals surface area contributed by atoms with Crippen LogP contribution >= 0.6 is 0 Å². The van der Waals surface area contributed by atoms with Crippen molar-refractivity contribution in [3.63, 3.8) is 0 Å². The second-order valence-electron chi connectivity index (χ2n) is 3.80. The van der Waals surface area contributed by atoms with Crippen molar-refractivity contribution in [2.45, 2.75) is 19.3 Å². The van der Waals surface area contributed by atoms with Crippen LogP contribution in [0.2, 0.25) is 0 Å². The first-order valence-electron chi connectivity index (χ1n) is 5.62. The molecule has 2 N–H and O–H groups in total. The Bertz CT molecular complexity index is 593. The van der Waals surface area contributed by atoms with Crippen molar-refractivity contribution in [1.29, 1.82) is 5.41 Å². The molecule has 18 heavy (non-hydrogen) atoms. The van der Waals surface area contributed by atoms with E-state index in [4.69, 9.17) is 5.41 Å². The van der Waals surface area contributed by atoms with Crippen molar-refractivity contribution in [2.75, 3.05) is 0 Å². The molecule has 0 aliphatic rings. The van der Waals surface area contributed by atoms with Crippen LogP contribution in [0.3, 0.4) is 0 Å². The summed E-state index contributed by atoms with van der Waals surface area (Å²) in [5, 5.41) is 8.12. The molecule has 0 saturated heterocycles. The molecule has 1 unspecified atom stereocenters. The Hall–Kier alpha value is -2.37. The molecule has 0 aromatic carbocycles. The lowest BCUT2D eigenvalue weighted by Gasteiger charge is -2.14. The van der Waals surface area contributed by atoms with Crippen molar-refractivity contribution < 1.29 is 0 Å². The summed E-state index contributed by atoms with van der Waals surface area (Å²) in [5.74, 6) is 0.114. The Kier molecular flexibility index (Phi) is 3.57. The Morgan fingerprint density at radius 3 is 2.72 bits per heavy atom. The van der Waals surface area contributed by atoms with E-state index in [1.165, 1.54) is 6.20 Å². The molecule has 0 aliphatic heterocycles. The number of aromatic amines is 1. The lowest BCUT2D eigenvalue weighted by Crippen LogP contribution is -2.19. The average Bonchev–Trinajstić information content (AvgIpc) is 2.40. The summed E-state index contributed by atoms with van der Waals surface area (Å²) < 4.78 is 0. The molecule has 0 amide bonds. The summed E-state index contributed by atoms with van der Waals surface area (Å²) in [7, 11) is 0. The quantitative estimate of drug-likeness (QED) is 0.786. The largest absolute Gasteiger partial charge is 0.323 e. The lowest BCUT2D eigenvalue weighted by atomic mass is 9.96. The maximum atomic E-state index is 11.2. The predicted octanol–water partition coefficient (Wildman–Crippen LogP) is 1.12. The van der Waals surface area contributed by atoms with Crippen molar-refractivity contribution in [3.05, 3.63) is 52.7 Å².